The number of fused-ring (bicyclic) bond motifs is 3. The zero-order valence-electron chi connectivity index (χ0n) is 12.9. The van der Waals surface area contributed by atoms with Gasteiger partial charge in [-0.25, -0.2) is 0 Å². The highest BCUT2D eigenvalue weighted by Crippen LogP contribution is 2.42. The first-order valence-corrected chi connectivity index (χ1v) is 8.30. The Morgan fingerprint density at radius 3 is 3.05 bits per heavy atom. The van der Waals surface area contributed by atoms with Gasteiger partial charge in [-0.3, -0.25) is 0 Å². The van der Waals surface area contributed by atoms with Crippen LogP contribution in [0.25, 0.3) is 0 Å². The smallest absolute Gasteiger partial charge is 0.119 e. The van der Waals surface area contributed by atoms with Crippen molar-refractivity contribution in [2.24, 2.45) is 11.8 Å². The van der Waals surface area contributed by atoms with Gasteiger partial charge in [-0.1, -0.05) is 18.2 Å². The van der Waals surface area contributed by atoms with Gasteiger partial charge in [-0.15, -0.1) is 12.6 Å². The van der Waals surface area contributed by atoms with Crippen LogP contribution < -0.4 is 10.1 Å². The number of allylic oxidation sites excluding steroid dienone is 4. The van der Waals surface area contributed by atoms with E-state index < -0.39 is 0 Å². The molecule has 118 valence electrons. The van der Waals surface area contributed by atoms with E-state index in [9.17, 15) is 0 Å². The van der Waals surface area contributed by atoms with E-state index in [1.165, 1.54) is 18.6 Å². The Balaban J connectivity index is 0.000000142. The maximum Gasteiger partial charge on any atom is 0.119 e. The van der Waals surface area contributed by atoms with Crippen LogP contribution in [-0.2, 0) is 4.74 Å². The third-order valence-electron chi connectivity index (χ3n) is 4.49. The number of nitrogens with one attached hydrogen (secondary N) is 1. The Kier molecular flexibility index (Phi) is 5.11. The highest BCUT2D eigenvalue weighted by Gasteiger charge is 2.42. The maximum atomic E-state index is 5.92. The molecule has 3 atom stereocenters. The van der Waals surface area contributed by atoms with Crippen LogP contribution in [0.3, 0.4) is 0 Å². The van der Waals surface area contributed by atoms with Gasteiger partial charge in [-0.2, -0.15) is 0 Å². The van der Waals surface area contributed by atoms with Crippen LogP contribution in [0, 0.1) is 11.8 Å². The molecule has 3 unspecified atom stereocenters. The molecule has 2 heterocycles. The number of methoxy groups -OCH3 is 1. The van der Waals surface area contributed by atoms with E-state index >= 15 is 0 Å². The quantitative estimate of drug-likeness (QED) is 0.778. The van der Waals surface area contributed by atoms with E-state index in [1.54, 1.807) is 7.11 Å². The van der Waals surface area contributed by atoms with Gasteiger partial charge in [-0.05, 0) is 43.7 Å². The lowest BCUT2D eigenvalue weighted by molar-refractivity contribution is 0.108. The lowest BCUT2D eigenvalue weighted by Gasteiger charge is -2.26. The van der Waals surface area contributed by atoms with Crippen molar-refractivity contribution in [3.8, 4) is 5.75 Å². The van der Waals surface area contributed by atoms with Crippen LogP contribution in [0.2, 0.25) is 0 Å². The zero-order valence-corrected chi connectivity index (χ0v) is 13.8. The van der Waals surface area contributed by atoms with Crippen molar-refractivity contribution in [1.82, 2.24) is 5.32 Å². The molecule has 0 radical (unpaired) electrons. The second-order valence-electron chi connectivity index (χ2n) is 5.85. The Morgan fingerprint density at radius 1 is 1.36 bits per heavy atom. The van der Waals surface area contributed by atoms with Gasteiger partial charge in [0.1, 0.15) is 17.6 Å². The van der Waals surface area contributed by atoms with Crippen LogP contribution in [0.5, 0.6) is 5.75 Å². The predicted octanol–water partition coefficient (Wildman–Crippen LogP) is 3.44. The van der Waals surface area contributed by atoms with Crippen LogP contribution in [0.4, 0.5) is 0 Å². The molecule has 3 aliphatic rings. The standard InChI is InChI=1S/C11H15NO.C7H8OS/c1-2-4-10-8(3-1)9-5-6-12-7-11(9)13-10;1-8-6-3-2-4-7(9)5-6/h1-2,4,8-9,11-12H,3,5-7H2;2-5,9H,1H3. The fraction of sp³-hybridized carbons (Fsp3) is 0.444. The minimum Gasteiger partial charge on any atom is -0.497 e. The van der Waals surface area contributed by atoms with E-state index in [1.807, 2.05) is 24.3 Å². The molecule has 0 spiro atoms. The molecule has 0 amide bonds. The fourth-order valence-corrected chi connectivity index (χ4v) is 3.58. The fourth-order valence-electron chi connectivity index (χ4n) is 3.37. The SMILES string of the molecule is C1=CCC2C(=C1)OC1CNCCC12.COc1cccc(S)c1. The summed E-state index contributed by atoms with van der Waals surface area (Å²) in [6.07, 6.45) is 9.45. The minimum absolute atomic E-state index is 0.449. The van der Waals surface area contributed by atoms with Crippen LogP contribution in [-0.4, -0.2) is 26.3 Å². The second-order valence-corrected chi connectivity index (χ2v) is 6.37. The first-order valence-electron chi connectivity index (χ1n) is 7.85. The average Bonchev–Trinajstić information content (AvgIpc) is 2.94. The molecule has 1 N–H and O–H groups in total. The van der Waals surface area contributed by atoms with E-state index in [-0.39, 0.29) is 0 Å². The molecule has 0 saturated carbocycles. The molecular weight excluding hydrogens is 294 g/mol. The molecule has 1 aliphatic carbocycles. The topological polar surface area (TPSA) is 30.5 Å². The largest absolute Gasteiger partial charge is 0.497 e. The van der Waals surface area contributed by atoms with Crippen LogP contribution in [0.15, 0.2) is 53.1 Å². The summed E-state index contributed by atoms with van der Waals surface area (Å²) in [6, 6.07) is 7.57. The molecule has 4 rings (SSSR count). The summed E-state index contributed by atoms with van der Waals surface area (Å²) in [4.78, 5) is 0.925. The summed E-state index contributed by atoms with van der Waals surface area (Å²) in [5.74, 6) is 3.55. The van der Waals surface area contributed by atoms with Gasteiger partial charge in [0.05, 0.1) is 7.11 Å². The van der Waals surface area contributed by atoms with Crippen molar-refractivity contribution < 1.29 is 9.47 Å². The van der Waals surface area contributed by atoms with E-state index in [2.05, 4.69) is 36.2 Å². The molecule has 3 nitrogen and oxygen atoms in total. The number of hydrogen-bond donors (Lipinski definition) is 2. The van der Waals surface area contributed by atoms with Crippen molar-refractivity contribution in [2.75, 3.05) is 20.2 Å². The second kappa shape index (κ2) is 7.25. The number of thiol groups is 1. The third-order valence-corrected chi connectivity index (χ3v) is 4.77. The van der Waals surface area contributed by atoms with Crippen molar-refractivity contribution in [3.63, 3.8) is 0 Å². The lowest BCUT2D eigenvalue weighted by Crippen LogP contribution is -2.39. The Morgan fingerprint density at radius 2 is 2.27 bits per heavy atom. The van der Waals surface area contributed by atoms with Crippen molar-refractivity contribution in [2.45, 2.75) is 23.8 Å². The van der Waals surface area contributed by atoms with Crippen molar-refractivity contribution >= 4 is 12.6 Å². The summed E-state index contributed by atoms with van der Waals surface area (Å²) in [7, 11) is 1.64. The van der Waals surface area contributed by atoms with Crippen LogP contribution in [0.1, 0.15) is 12.8 Å². The highest BCUT2D eigenvalue weighted by atomic mass is 32.1. The molecule has 2 aliphatic heterocycles. The predicted molar refractivity (Wildman–Crippen MR) is 91.4 cm³/mol. The zero-order chi connectivity index (χ0) is 15.4. The number of hydrogen-bond acceptors (Lipinski definition) is 4. The van der Waals surface area contributed by atoms with Crippen molar-refractivity contribution in [3.05, 3.63) is 48.3 Å². The summed E-state index contributed by atoms with van der Waals surface area (Å²) < 4.78 is 10.9. The molecule has 1 aromatic carbocycles. The Bertz CT molecular complexity index is 570. The average molecular weight is 317 g/mol. The molecule has 22 heavy (non-hydrogen) atoms. The van der Waals surface area contributed by atoms with E-state index in [0.717, 1.165) is 29.7 Å². The summed E-state index contributed by atoms with van der Waals surface area (Å²) in [5.41, 5.74) is 0. The highest BCUT2D eigenvalue weighted by molar-refractivity contribution is 7.80. The van der Waals surface area contributed by atoms with Gasteiger partial charge in [0.15, 0.2) is 0 Å². The molecule has 0 bridgehead atoms. The third kappa shape index (κ3) is 3.50. The number of benzene rings is 1. The summed E-state index contributed by atoms with van der Waals surface area (Å²) >= 11 is 4.13. The van der Waals surface area contributed by atoms with Crippen LogP contribution >= 0.6 is 12.6 Å². The lowest BCUT2D eigenvalue weighted by atomic mass is 9.81. The normalized spacial score (nSPS) is 28.5. The van der Waals surface area contributed by atoms with Gasteiger partial charge < -0.3 is 14.8 Å². The van der Waals surface area contributed by atoms with Gasteiger partial charge in [0, 0.05) is 23.3 Å². The molecule has 1 aromatic rings. The van der Waals surface area contributed by atoms with Gasteiger partial charge >= 0.3 is 0 Å². The minimum atomic E-state index is 0.449. The Labute approximate surface area is 137 Å². The summed E-state index contributed by atoms with van der Waals surface area (Å²) in [5, 5.41) is 3.39. The van der Waals surface area contributed by atoms with E-state index in [0.29, 0.717) is 12.0 Å². The van der Waals surface area contributed by atoms with E-state index in [4.69, 9.17) is 9.47 Å². The summed E-state index contributed by atoms with van der Waals surface area (Å²) in [6.45, 7) is 2.20. The van der Waals surface area contributed by atoms with Crippen molar-refractivity contribution in [1.29, 1.82) is 0 Å². The number of ether oxygens (including phenoxy) is 2. The molecule has 2 fully saturated rings. The Hall–Kier alpha value is -1.39. The maximum absolute atomic E-state index is 5.92. The van der Waals surface area contributed by atoms with Gasteiger partial charge in [0.25, 0.3) is 0 Å². The molecular formula is C18H23NO2S. The molecule has 0 aromatic heterocycles. The van der Waals surface area contributed by atoms with Gasteiger partial charge in [0.2, 0.25) is 0 Å². The first-order chi connectivity index (χ1) is 10.8. The first kappa shape index (κ1) is 15.5. The molecule has 2 saturated heterocycles. The number of rotatable bonds is 1. The number of piperidine rings is 1. The monoisotopic (exact) mass is 317 g/mol. The molecule has 4 heteroatoms.